The van der Waals surface area contributed by atoms with Crippen molar-refractivity contribution in [2.75, 3.05) is 5.32 Å². The molecular weight excluding hydrogens is 304 g/mol. The fraction of sp³-hybridized carbons (Fsp3) is 0.263. The Labute approximate surface area is 140 Å². The zero-order valence-corrected chi connectivity index (χ0v) is 13.8. The monoisotopic (exact) mass is 324 g/mol. The van der Waals surface area contributed by atoms with E-state index in [0.29, 0.717) is 12.2 Å². The summed E-state index contributed by atoms with van der Waals surface area (Å²) in [4.78, 5) is 23.4. The second-order valence-corrected chi connectivity index (χ2v) is 5.98. The lowest BCUT2D eigenvalue weighted by molar-refractivity contribution is -0.117. The van der Waals surface area contributed by atoms with Gasteiger partial charge in [-0.15, -0.1) is 0 Å². The maximum atomic E-state index is 12.0. The summed E-state index contributed by atoms with van der Waals surface area (Å²) in [5.41, 5.74) is 2.98. The highest BCUT2D eigenvalue weighted by atomic mass is 16.3. The Hall–Kier alpha value is -2.82. The average Bonchev–Trinajstić information content (AvgIpc) is 2.98. The van der Waals surface area contributed by atoms with Crippen LogP contribution in [-0.2, 0) is 16.0 Å². The second-order valence-electron chi connectivity index (χ2n) is 5.98. The molecule has 0 saturated carbocycles. The van der Waals surface area contributed by atoms with Gasteiger partial charge in [-0.3, -0.25) is 9.59 Å². The minimum absolute atomic E-state index is 0.0508. The number of furan rings is 1. The second kappa shape index (κ2) is 6.74. The smallest absolute Gasteiger partial charge is 0.244 e. The van der Waals surface area contributed by atoms with Crippen LogP contribution in [0.25, 0.3) is 6.08 Å². The Balaban J connectivity index is 1.64. The summed E-state index contributed by atoms with van der Waals surface area (Å²) in [5, 5.41) is 5.79. The number of benzene rings is 1. The van der Waals surface area contributed by atoms with Crippen LogP contribution < -0.4 is 10.6 Å². The highest BCUT2D eigenvalue weighted by Crippen LogP contribution is 2.26. The van der Waals surface area contributed by atoms with Crippen molar-refractivity contribution in [1.82, 2.24) is 5.32 Å². The number of anilines is 1. The van der Waals surface area contributed by atoms with Crippen LogP contribution in [0.3, 0.4) is 0 Å². The van der Waals surface area contributed by atoms with Crippen molar-refractivity contribution in [3.05, 3.63) is 59.1 Å². The number of carbonyl (C=O) groups excluding carboxylic acids is 2. The van der Waals surface area contributed by atoms with E-state index in [0.717, 1.165) is 29.0 Å². The molecule has 0 saturated heterocycles. The Bertz CT molecular complexity index is 805. The van der Waals surface area contributed by atoms with Crippen molar-refractivity contribution in [2.45, 2.75) is 32.7 Å². The van der Waals surface area contributed by atoms with E-state index in [1.807, 2.05) is 44.2 Å². The molecule has 2 N–H and O–H groups in total. The average molecular weight is 324 g/mol. The van der Waals surface area contributed by atoms with Crippen LogP contribution in [0, 0.1) is 6.92 Å². The molecule has 1 aromatic carbocycles. The summed E-state index contributed by atoms with van der Waals surface area (Å²) in [6, 6.07) is 9.41. The van der Waals surface area contributed by atoms with Crippen molar-refractivity contribution in [2.24, 2.45) is 0 Å². The molecule has 124 valence electrons. The van der Waals surface area contributed by atoms with Crippen molar-refractivity contribution in [3.63, 3.8) is 0 Å². The SMILES string of the molecule is Cc1ccc(/C=C/C(=O)NC(C)c2ccc3c(c2)CCC(=O)N3)o1. The first kappa shape index (κ1) is 16.1. The molecular formula is C19H20N2O3. The molecule has 3 rings (SSSR count). The van der Waals surface area contributed by atoms with Crippen LogP contribution in [0.4, 0.5) is 5.69 Å². The van der Waals surface area contributed by atoms with Gasteiger partial charge in [0.05, 0.1) is 6.04 Å². The lowest BCUT2D eigenvalue weighted by Gasteiger charge is -2.20. The van der Waals surface area contributed by atoms with Gasteiger partial charge in [0.2, 0.25) is 11.8 Å². The van der Waals surface area contributed by atoms with Gasteiger partial charge >= 0.3 is 0 Å². The summed E-state index contributed by atoms with van der Waals surface area (Å²) in [5.74, 6) is 1.34. The minimum Gasteiger partial charge on any atom is -0.462 e. The van der Waals surface area contributed by atoms with E-state index in [4.69, 9.17) is 4.42 Å². The molecule has 24 heavy (non-hydrogen) atoms. The first-order valence-electron chi connectivity index (χ1n) is 7.99. The molecule has 1 atom stereocenters. The number of hydrogen-bond acceptors (Lipinski definition) is 3. The third kappa shape index (κ3) is 3.74. The predicted octanol–water partition coefficient (Wildman–Crippen LogP) is 3.36. The fourth-order valence-corrected chi connectivity index (χ4v) is 2.72. The molecule has 5 heteroatoms. The Kier molecular flexibility index (Phi) is 4.51. The first-order valence-corrected chi connectivity index (χ1v) is 7.99. The molecule has 0 radical (unpaired) electrons. The topological polar surface area (TPSA) is 71.3 Å². The highest BCUT2D eigenvalue weighted by molar-refractivity contribution is 5.94. The molecule has 2 aromatic rings. The van der Waals surface area contributed by atoms with Crippen molar-refractivity contribution < 1.29 is 14.0 Å². The van der Waals surface area contributed by atoms with Gasteiger partial charge in [-0.05, 0) is 55.7 Å². The van der Waals surface area contributed by atoms with Gasteiger partial charge in [0.1, 0.15) is 11.5 Å². The number of nitrogens with one attached hydrogen (secondary N) is 2. The Morgan fingerprint density at radius 1 is 1.29 bits per heavy atom. The van der Waals surface area contributed by atoms with Gasteiger partial charge in [0.25, 0.3) is 0 Å². The number of aryl methyl sites for hydroxylation is 2. The lowest BCUT2D eigenvalue weighted by atomic mass is 9.98. The van der Waals surface area contributed by atoms with Crippen LogP contribution >= 0.6 is 0 Å². The third-order valence-electron chi connectivity index (χ3n) is 4.04. The molecule has 1 aromatic heterocycles. The number of amides is 2. The van der Waals surface area contributed by atoms with E-state index in [9.17, 15) is 9.59 Å². The molecule has 1 aliphatic rings. The van der Waals surface area contributed by atoms with Crippen molar-refractivity contribution in [1.29, 1.82) is 0 Å². The summed E-state index contributed by atoms with van der Waals surface area (Å²) in [7, 11) is 0. The van der Waals surface area contributed by atoms with Gasteiger partial charge in [-0.1, -0.05) is 12.1 Å². The molecule has 0 bridgehead atoms. The van der Waals surface area contributed by atoms with Gasteiger partial charge in [-0.25, -0.2) is 0 Å². The Morgan fingerprint density at radius 2 is 2.12 bits per heavy atom. The lowest BCUT2D eigenvalue weighted by Crippen LogP contribution is -2.25. The van der Waals surface area contributed by atoms with Crippen molar-refractivity contribution >= 4 is 23.6 Å². The summed E-state index contributed by atoms with van der Waals surface area (Å²) in [6.07, 6.45) is 4.35. The van der Waals surface area contributed by atoms with Crippen LogP contribution in [0.1, 0.15) is 42.0 Å². The summed E-state index contributed by atoms with van der Waals surface area (Å²) >= 11 is 0. The van der Waals surface area contributed by atoms with Crippen LogP contribution in [0.5, 0.6) is 0 Å². The van der Waals surface area contributed by atoms with Crippen LogP contribution in [0.15, 0.2) is 40.8 Å². The van der Waals surface area contributed by atoms with E-state index in [1.54, 1.807) is 6.08 Å². The fourth-order valence-electron chi connectivity index (χ4n) is 2.72. The van der Waals surface area contributed by atoms with E-state index in [1.165, 1.54) is 6.08 Å². The van der Waals surface area contributed by atoms with Crippen LogP contribution in [-0.4, -0.2) is 11.8 Å². The number of hydrogen-bond donors (Lipinski definition) is 2. The molecule has 0 spiro atoms. The molecule has 2 amide bonds. The van der Waals surface area contributed by atoms with Gasteiger partial charge in [0.15, 0.2) is 0 Å². The van der Waals surface area contributed by atoms with Gasteiger partial charge < -0.3 is 15.1 Å². The highest BCUT2D eigenvalue weighted by Gasteiger charge is 2.16. The van der Waals surface area contributed by atoms with E-state index in [-0.39, 0.29) is 17.9 Å². The molecule has 2 heterocycles. The zero-order chi connectivity index (χ0) is 17.1. The molecule has 1 unspecified atom stereocenters. The zero-order valence-electron chi connectivity index (χ0n) is 13.8. The molecule has 0 aliphatic carbocycles. The quantitative estimate of drug-likeness (QED) is 0.847. The maximum Gasteiger partial charge on any atom is 0.244 e. The summed E-state index contributed by atoms with van der Waals surface area (Å²) in [6.45, 7) is 3.80. The van der Waals surface area contributed by atoms with Gasteiger partial charge in [-0.2, -0.15) is 0 Å². The normalized spacial score (nSPS) is 15.0. The van der Waals surface area contributed by atoms with Crippen LogP contribution in [0.2, 0.25) is 0 Å². The van der Waals surface area contributed by atoms with Crippen molar-refractivity contribution in [3.8, 4) is 0 Å². The standard InChI is InChI=1S/C19H20N2O3/c1-12-3-6-16(24-12)7-10-18(22)20-13(2)14-4-8-17-15(11-14)5-9-19(23)21-17/h3-4,6-8,10-11,13H,5,9H2,1-2H3,(H,20,22)(H,21,23)/b10-7+. The molecule has 5 nitrogen and oxygen atoms in total. The Morgan fingerprint density at radius 3 is 2.88 bits per heavy atom. The number of fused-ring (bicyclic) bond motifs is 1. The van der Waals surface area contributed by atoms with E-state index in [2.05, 4.69) is 10.6 Å². The molecule has 0 fully saturated rings. The maximum absolute atomic E-state index is 12.0. The van der Waals surface area contributed by atoms with Gasteiger partial charge in [0, 0.05) is 18.2 Å². The summed E-state index contributed by atoms with van der Waals surface area (Å²) < 4.78 is 5.39. The largest absolute Gasteiger partial charge is 0.462 e. The first-order chi connectivity index (χ1) is 11.5. The number of carbonyl (C=O) groups is 2. The number of rotatable bonds is 4. The van der Waals surface area contributed by atoms with E-state index >= 15 is 0 Å². The third-order valence-corrected chi connectivity index (χ3v) is 4.04. The predicted molar refractivity (Wildman–Crippen MR) is 92.4 cm³/mol. The molecule has 1 aliphatic heterocycles. The minimum atomic E-state index is -0.178. The van der Waals surface area contributed by atoms with E-state index < -0.39 is 0 Å².